The molecule has 0 aliphatic carbocycles. The summed E-state index contributed by atoms with van der Waals surface area (Å²) in [6.45, 7) is 8.09. The van der Waals surface area contributed by atoms with E-state index in [-0.39, 0.29) is 17.3 Å². The summed E-state index contributed by atoms with van der Waals surface area (Å²) in [5.74, 6) is -0.734. The van der Waals surface area contributed by atoms with Gasteiger partial charge in [0.05, 0.1) is 17.4 Å². The maximum absolute atomic E-state index is 10.9. The molecule has 90 valence electrons. The van der Waals surface area contributed by atoms with Gasteiger partial charge in [0, 0.05) is 13.1 Å². The number of nitrogens with zero attached hydrogens (tertiary/aromatic N) is 2. The normalized spacial score (nSPS) is 26.6. The zero-order chi connectivity index (χ0) is 12.3. The molecule has 0 unspecified atom stereocenters. The van der Waals surface area contributed by atoms with Gasteiger partial charge in [-0.05, 0) is 32.7 Å². The summed E-state index contributed by atoms with van der Waals surface area (Å²) < 4.78 is 0. The summed E-state index contributed by atoms with van der Waals surface area (Å²) in [7, 11) is 0. The molecule has 2 atom stereocenters. The third kappa shape index (κ3) is 3.21. The van der Waals surface area contributed by atoms with Gasteiger partial charge in [-0.15, -0.1) is 0 Å². The number of carbonyl (C=O) groups is 1. The number of aliphatic carboxylic acids is 1. The SMILES string of the molecule is C[C@@H]1CN(CCC(C)(C)C#N)C[C@H]1C(=O)O. The fourth-order valence-electron chi connectivity index (χ4n) is 2.06. The Balaban J connectivity index is 2.43. The van der Waals surface area contributed by atoms with Crippen LogP contribution in [0.15, 0.2) is 0 Å². The largest absolute Gasteiger partial charge is 0.481 e. The molecule has 1 heterocycles. The Morgan fingerprint density at radius 2 is 2.19 bits per heavy atom. The molecule has 0 bridgehead atoms. The third-order valence-electron chi connectivity index (χ3n) is 3.36. The van der Waals surface area contributed by atoms with Gasteiger partial charge in [-0.1, -0.05) is 6.92 Å². The molecule has 0 radical (unpaired) electrons. The maximum Gasteiger partial charge on any atom is 0.308 e. The Morgan fingerprint density at radius 3 is 2.62 bits per heavy atom. The predicted octanol–water partition coefficient (Wildman–Crippen LogP) is 1.58. The van der Waals surface area contributed by atoms with E-state index in [1.54, 1.807) is 0 Å². The number of rotatable bonds is 4. The van der Waals surface area contributed by atoms with Crippen molar-refractivity contribution >= 4 is 5.97 Å². The van der Waals surface area contributed by atoms with Crippen molar-refractivity contribution in [2.45, 2.75) is 27.2 Å². The molecule has 1 rings (SSSR count). The number of hydrogen-bond donors (Lipinski definition) is 1. The van der Waals surface area contributed by atoms with E-state index >= 15 is 0 Å². The zero-order valence-electron chi connectivity index (χ0n) is 10.2. The predicted molar refractivity (Wildman–Crippen MR) is 60.7 cm³/mol. The second-order valence-electron chi connectivity index (χ2n) is 5.43. The van der Waals surface area contributed by atoms with Crippen LogP contribution in [0.4, 0.5) is 0 Å². The van der Waals surface area contributed by atoms with E-state index in [9.17, 15) is 4.79 Å². The highest BCUT2D eigenvalue weighted by molar-refractivity contribution is 5.71. The van der Waals surface area contributed by atoms with E-state index < -0.39 is 5.97 Å². The van der Waals surface area contributed by atoms with Crippen molar-refractivity contribution in [3.63, 3.8) is 0 Å². The Bertz CT molecular complexity index is 307. The minimum atomic E-state index is -0.699. The van der Waals surface area contributed by atoms with Gasteiger partial charge in [-0.2, -0.15) is 5.26 Å². The molecule has 1 aliphatic heterocycles. The van der Waals surface area contributed by atoms with Gasteiger partial charge in [-0.3, -0.25) is 4.79 Å². The Morgan fingerprint density at radius 1 is 1.56 bits per heavy atom. The smallest absolute Gasteiger partial charge is 0.308 e. The molecule has 1 fully saturated rings. The van der Waals surface area contributed by atoms with Crippen molar-refractivity contribution in [1.82, 2.24) is 4.90 Å². The van der Waals surface area contributed by atoms with E-state index in [4.69, 9.17) is 10.4 Å². The molecule has 0 spiro atoms. The summed E-state index contributed by atoms with van der Waals surface area (Å²) in [4.78, 5) is 13.1. The lowest BCUT2D eigenvalue weighted by Gasteiger charge is -2.20. The van der Waals surface area contributed by atoms with Crippen molar-refractivity contribution in [3.05, 3.63) is 0 Å². The van der Waals surface area contributed by atoms with Crippen LogP contribution in [0.5, 0.6) is 0 Å². The summed E-state index contributed by atoms with van der Waals surface area (Å²) in [6, 6.07) is 2.27. The third-order valence-corrected chi connectivity index (χ3v) is 3.36. The minimum absolute atomic E-state index is 0.211. The molecule has 16 heavy (non-hydrogen) atoms. The fraction of sp³-hybridized carbons (Fsp3) is 0.833. The molecule has 1 aliphatic rings. The molecular formula is C12H20N2O2. The molecule has 0 aromatic rings. The van der Waals surface area contributed by atoms with Crippen molar-refractivity contribution in [3.8, 4) is 6.07 Å². The molecule has 4 heteroatoms. The molecule has 0 saturated carbocycles. The summed E-state index contributed by atoms with van der Waals surface area (Å²) in [5, 5.41) is 17.9. The second kappa shape index (κ2) is 4.84. The van der Waals surface area contributed by atoms with Gasteiger partial charge in [0.15, 0.2) is 0 Å². The highest BCUT2D eigenvalue weighted by Gasteiger charge is 2.34. The second-order valence-corrected chi connectivity index (χ2v) is 5.43. The Labute approximate surface area is 96.9 Å². The van der Waals surface area contributed by atoms with Crippen LogP contribution in [0.25, 0.3) is 0 Å². The molecular weight excluding hydrogens is 204 g/mol. The first kappa shape index (κ1) is 13.0. The van der Waals surface area contributed by atoms with Crippen molar-refractivity contribution in [2.24, 2.45) is 17.3 Å². The number of carboxylic acid groups (broad SMARTS) is 1. The van der Waals surface area contributed by atoms with E-state index in [2.05, 4.69) is 11.0 Å². The average Bonchev–Trinajstić information content (AvgIpc) is 2.57. The van der Waals surface area contributed by atoms with Crippen LogP contribution >= 0.6 is 0 Å². The standard InChI is InChI=1S/C12H20N2O2/c1-9-6-14(7-10(9)11(15)16)5-4-12(2,3)8-13/h9-10H,4-7H2,1-3H3,(H,15,16)/t9-,10-/m1/s1. The first-order valence-electron chi connectivity index (χ1n) is 5.72. The van der Waals surface area contributed by atoms with Gasteiger partial charge in [0.2, 0.25) is 0 Å². The fourth-order valence-corrected chi connectivity index (χ4v) is 2.06. The van der Waals surface area contributed by atoms with Crippen molar-refractivity contribution in [2.75, 3.05) is 19.6 Å². The van der Waals surface area contributed by atoms with Crippen LogP contribution in [0, 0.1) is 28.6 Å². The molecule has 1 saturated heterocycles. The van der Waals surface area contributed by atoms with Crippen LogP contribution in [0.3, 0.4) is 0 Å². The Kier molecular flexibility index (Phi) is 3.93. The summed E-state index contributed by atoms with van der Waals surface area (Å²) in [5.41, 5.74) is -0.315. The maximum atomic E-state index is 10.9. The first-order chi connectivity index (χ1) is 7.35. The minimum Gasteiger partial charge on any atom is -0.481 e. The topological polar surface area (TPSA) is 64.3 Å². The number of hydrogen-bond acceptors (Lipinski definition) is 3. The molecule has 1 N–H and O–H groups in total. The highest BCUT2D eigenvalue weighted by atomic mass is 16.4. The lowest BCUT2D eigenvalue weighted by atomic mass is 9.91. The zero-order valence-corrected chi connectivity index (χ0v) is 10.2. The van der Waals surface area contributed by atoms with Crippen LogP contribution in [-0.2, 0) is 4.79 Å². The van der Waals surface area contributed by atoms with Crippen LogP contribution in [0.2, 0.25) is 0 Å². The molecule has 4 nitrogen and oxygen atoms in total. The monoisotopic (exact) mass is 224 g/mol. The van der Waals surface area contributed by atoms with E-state index in [0.29, 0.717) is 6.54 Å². The summed E-state index contributed by atoms with van der Waals surface area (Å²) >= 11 is 0. The van der Waals surface area contributed by atoms with Crippen LogP contribution < -0.4 is 0 Å². The van der Waals surface area contributed by atoms with Crippen molar-refractivity contribution in [1.29, 1.82) is 5.26 Å². The van der Waals surface area contributed by atoms with E-state index in [1.807, 2.05) is 20.8 Å². The van der Waals surface area contributed by atoms with Gasteiger partial charge in [0.25, 0.3) is 0 Å². The van der Waals surface area contributed by atoms with Gasteiger partial charge in [-0.25, -0.2) is 0 Å². The molecule has 0 aromatic heterocycles. The Hall–Kier alpha value is -1.08. The van der Waals surface area contributed by atoms with Gasteiger partial charge in [0.1, 0.15) is 0 Å². The molecule has 0 aromatic carbocycles. The van der Waals surface area contributed by atoms with Gasteiger partial charge < -0.3 is 10.0 Å². The number of carboxylic acids is 1. The summed E-state index contributed by atoms with van der Waals surface area (Å²) in [6.07, 6.45) is 0.794. The van der Waals surface area contributed by atoms with Crippen LogP contribution in [-0.4, -0.2) is 35.6 Å². The average molecular weight is 224 g/mol. The van der Waals surface area contributed by atoms with E-state index in [1.165, 1.54) is 0 Å². The number of nitriles is 1. The lowest BCUT2D eigenvalue weighted by Crippen LogP contribution is -2.27. The first-order valence-corrected chi connectivity index (χ1v) is 5.72. The van der Waals surface area contributed by atoms with Crippen molar-refractivity contribution < 1.29 is 9.90 Å². The highest BCUT2D eigenvalue weighted by Crippen LogP contribution is 2.26. The van der Waals surface area contributed by atoms with Crippen LogP contribution in [0.1, 0.15) is 27.2 Å². The molecule has 0 amide bonds. The van der Waals surface area contributed by atoms with E-state index in [0.717, 1.165) is 19.5 Å². The lowest BCUT2D eigenvalue weighted by molar-refractivity contribution is -0.142. The van der Waals surface area contributed by atoms with Gasteiger partial charge >= 0.3 is 5.97 Å². The quantitative estimate of drug-likeness (QED) is 0.787. The number of likely N-dealkylation sites (tertiary alicyclic amines) is 1.